The second-order valence-electron chi connectivity index (χ2n) is 24.8. The maximum absolute atomic E-state index is 16.5. The van der Waals surface area contributed by atoms with Gasteiger partial charge in [-0.3, -0.25) is 14.4 Å². The highest BCUT2D eigenvalue weighted by Crippen LogP contribution is 2.64. The number of carbonyl (C=O) groups is 5. The van der Waals surface area contributed by atoms with E-state index in [-0.39, 0.29) is 31.4 Å². The molecule has 17 heteroatoms. The minimum atomic E-state index is -2.62. The van der Waals surface area contributed by atoms with Gasteiger partial charge in [-0.2, -0.15) is 0 Å². The maximum atomic E-state index is 16.5. The van der Waals surface area contributed by atoms with Gasteiger partial charge in [0.25, 0.3) is 0 Å². The molecule has 4 rings (SSSR count). The van der Waals surface area contributed by atoms with E-state index in [1.54, 1.807) is 55.4 Å². The first-order valence-corrected chi connectivity index (χ1v) is 35.8. The van der Waals surface area contributed by atoms with E-state index in [4.69, 9.17) is 32.5 Å². The van der Waals surface area contributed by atoms with Gasteiger partial charge >= 0.3 is 24.0 Å². The van der Waals surface area contributed by atoms with Gasteiger partial charge in [0.15, 0.2) is 34.6 Å². The number of nitrogens with one attached hydrogen (secondary N) is 1. The largest absolute Gasteiger partial charge is 0.459 e. The lowest BCUT2D eigenvalue weighted by Crippen LogP contribution is -2.81. The van der Waals surface area contributed by atoms with Gasteiger partial charge in [-0.15, -0.1) is 0 Å². The SMILES string of the molecule is CC/C=C\C/C=C\C/C=C\C/C=C\C/C=C\C/C=C\CCC(=O)O[C@H]1C(=O)[C@]2(C)[C@@H](O[Si](CC)(CC)CC)C[C@H]3OC[C@@]3(O)[C@H]2[C@H](OC(C)=O)[C@]2(O)CC(OC(=O)[C@H](O[Si](CC)(CC)CC)[C@H](C)NC(=O)OC(C)(C)C)C(C)=C1C2(C)C. The number of hydrogen-bond donors (Lipinski definition) is 3. The average Bonchev–Trinajstić information content (AvgIpc) is 0.982. The fourth-order valence-electron chi connectivity index (χ4n) is 12.8. The summed E-state index contributed by atoms with van der Waals surface area (Å²) in [7, 11) is -5.21. The summed E-state index contributed by atoms with van der Waals surface area (Å²) in [5.74, 6) is -4.26. The summed E-state index contributed by atoms with van der Waals surface area (Å²) in [6.45, 7) is 29.0. The fraction of sp³-hybridized carbons (Fsp3) is 0.708. The van der Waals surface area contributed by atoms with Crippen LogP contribution in [0.4, 0.5) is 4.79 Å². The molecule has 1 amide bonds. The van der Waals surface area contributed by atoms with Crippen LogP contribution >= 0.6 is 0 Å². The van der Waals surface area contributed by atoms with Crippen LogP contribution < -0.4 is 5.32 Å². The van der Waals surface area contributed by atoms with E-state index < -0.39 is 123 Å². The molecular weight excluding hydrogens is 1070 g/mol. The molecule has 0 aromatic heterocycles. The highest BCUT2D eigenvalue weighted by atomic mass is 28.4. The quantitative estimate of drug-likeness (QED) is 0.0265. The lowest BCUT2D eigenvalue weighted by molar-refractivity contribution is -0.344. The number of ether oxygens (including phenoxy) is 5. The smallest absolute Gasteiger partial charge is 0.407 e. The summed E-state index contributed by atoms with van der Waals surface area (Å²) < 4.78 is 45.4. The van der Waals surface area contributed by atoms with E-state index in [0.29, 0.717) is 36.5 Å². The van der Waals surface area contributed by atoms with Gasteiger partial charge in [0.2, 0.25) is 0 Å². The average molecular weight is 1180 g/mol. The first kappa shape index (κ1) is 70.3. The Labute approximate surface area is 494 Å². The van der Waals surface area contributed by atoms with Crippen molar-refractivity contribution in [3.63, 3.8) is 0 Å². The molecule has 3 fully saturated rings. The number of hydrogen-bond acceptors (Lipinski definition) is 14. The van der Waals surface area contributed by atoms with Crippen LogP contribution in [0, 0.1) is 16.7 Å². The van der Waals surface area contributed by atoms with Crippen LogP contribution in [-0.2, 0) is 51.7 Å². The van der Waals surface area contributed by atoms with Gasteiger partial charge in [-0.1, -0.05) is 135 Å². The van der Waals surface area contributed by atoms with Gasteiger partial charge in [0.05, 0.1) is 30.3 Å². The number of fused-ring (bicyclic) bond motifs is 5. The van der Waals surface area contributed by atoms with Crippen molar-refractivity contribution in [2.45, 2.75) is 271 Å². The molecule has 0 spiro atoms. The second kappa shape index (κ2) is 30.7. The lowest BCUT2D eigenvalue weighted by Gasteiger charge is -2.67. The molecule has 3 aliphatic carbocycles. The van der Waals surface area contributed by atoms with Crippen LogP contribution in [-0.4, -0.2) is 123 Å². The lowest BCUT2D eigenvalue weighted by atomic mass is 9.44. The summed E-state index contributed by atoms with van der Waals surface area (Å²) >= 11 is 0. The van der Waals surface area contributed by atoms with E-state index in [1.165, 1.54) is 6.92 Å². The number of alkyl carbamates (subject to hydrolysis) is 1. The van der Waals surface area contributed by atoms with Crippen LogP contribution in [0.3, 0.4) is 0 Å². The molecule has 462 valence electrons. The summed E-state index contributed by atoms with van der Waals surface area (Å²) in [5, 5.41) is 29.9. The fourth-order valence-corrected chi connectivity index (χ4v) is 18.5. The van der Waals surface area contributed by atoms with Gasteiger partial charge in [-0.05, 0) is 134 Å². The Morgan fingerprint density at radius 1 is 0.744 bits per heavy atom. The van der Waals surface area contributed by atoms with Crippen LogP contribution in [0.5, 0.6) is 0 Å². The Morgan fingerprint density at radius 3 is 1.70 bits per heavy atom. The van der Waals surface area contributed by atoms with Crippen molar-refractivity contribution < 1.29 is 66.7 Å². The summed E-state index contributed by atoms with van der Waals surface area (Å²) in [6, 6.07) is 3.22. The van der Waals surface area contributed by atoms with Crippen molar-refractivity contribution in [3.8, 4) is 0 Å². The molecule has 1 unspecified atom stereocenters. The zero-order valence-electron chi connectivity index (χ0n) is 52.9. The van der Waals surface area contributed by atoms with Crippen molar-refractivity contribution in [2.75, 3.05) is 6.61 Å². The highest BCUT2D eigenvalue weighted by molar-refractivity contribution is 6.74. The minimum absolute atomic E-state index is 0.0889. The predicted octanol–water partition coefficient (Wildman–Crippen LogP) is 13.1. The van der Waals surface area contributed by atoms with Crippen molar-refractivity contribution in [2.24, 2.45) is 16.7 Å². The Bertz CT molecular complexity index is 2360. The van der Waals surface area contributed by atoms with E-state index >= 15 is 9.59 Å². The predicted molar refractivity (Wildman–Crippen MR) is 328 cm³/mol. The third-order valence-electron chi connectivity index (χ3n) is 18.3. The Hall–Kier alpha value is -4.24. The van der Waals surface area contributed by atoms with E-state index in [9.17, 15) is 24.6 Å². The molecule has 4 aliphatic rings. The van der Waals surface area contributed by atoms with E-state index in [0.717, 1.165) is 50.2 Å². The number of amides is 1. The molecule has 3 N–H and O–H groups in total. The van der Waals surface area contributed by atoms with Gasteiger partial charge in [-0.25, -0.2) is 9.59 Å². The Morgan fingerprint density at radius 2 is 1.24 bits per heavy atom. The molecule has 1 heterocycles. The molecule has 1 aliphatic heterocycles. The topological polar surface area (TPSA) is 202 Å². The number of aliphatic hydroxyl groups is 2. The van der Waals surface area contributed by atoms with Gasteiger partial charge < -0.3 is 48.1 Å². The van der Waals surface area contributed by atoms with E-state index in [1.807, 2.05) is 32.9 Å². The molecule has 2 saturated carbocycles. The maximum Gasteiger partial charge on any atom is 0.407 e. The molecule has 0 radical (unpaired) electrons. The highest BCUT2D eigenvalue weighted by Gasteiger charge is 2.77. The number of esters is 3. The zero-order chi connectivity index (χ0) is 61.3. The van der Waals surface area contributed by atoms with Gasteiger partial charge in [0.1, 0.15) is 29.0 Å². The van der Waals surface area contributed by atoms with Crippen molar-refractivity contribution in [1.82, 2.24) is 5.32 Å². The first-order valence-electron chi connectivity index (χ1n) is 30.7. The molecule has 2 bridgehead atoms. The monoisotopic (exact) mass is 1180 g/mol. The first-order chi connectivity index (χ1) is 38.6. The molecule has 0 aromatic rings. The molecular formula is C65H105NO14Si2. The molecule has 11 atom stereocenters. The normalized spacial score (nSPS) is 28.5. The standard InChI is InChI=1S/C65H105NO14Si2/c1-17-24-25-26-27-28-29-30-31-32-33-34-35-36-37-38-39-40-41-42-52(68)77-55-53-46(8)49(76-59(70)54(80-82(21-5,22-6)23-7)47(9)66-60(71)78-61(11,12)13)44-65(73,62(53,14)15)58(75-48(10)67)56-63(16,57(55)69)50(43-51-64(56,72)45-74-51)79-81(18-2,19-3)20-4/h24-25,27-28,30-31,33-34,36-37,39-40,47,49-51,54-56,58,72-73H,17-23,26,29,32,35,38,41-45H2,1-16H3,(H,66,71)/b25-24-,28-27-,31-30-,34-33-,37-36-,40-39-/t47-,49?,50-,51+,54+,55+,56-,58-,63+,64-,65+/m0/s1. The Balaban J connectivity index is 1.80. The number of allylic oxidation sites excluding steroid dienone is 12. The number of Topliss-reactive ketones (excluding diaryl/α,β-unsaturated/α-hetero) is 1. The molecule has 15 nitrogen and oxygen atoms in total. The van der Waals surface area contributed by atoms with E-state index in [2.05, 4.69) is 93.8 Å². The summed E-state index contributed by atoms with van der Waals surface area (Å²) in [4.78, 5) is 73.0. The van der Waals surface area contributed by atoms with Crippen molar-refractivity contribution in [1.29, 1.82) is 0 Å². The molecule has 82 heavy (non-hydrogen) atoms. The Kier molecular flexibility index (Phi) is 26.3. The van der Waals surface area contributed by atoms with Crippen LogP contribution in [0.25, 0.3) is 0 Å². The number of rotatable bonds is 30. The third kappa shape index (κ3) is 16.6. The zero-order valence-corrected chi connectivity index (χ0v) is 54.9. The van der Waals surface area contributed by atoms with Gasteiger partial charge in [0, 0.05) is 37.5 Å². The molecule has 1 saturated heterocycles. The van der Waals surface area contributed by atoms with Crippen LogP contribution in [0.15, 0.2) is 84.1 Å². The third-order valence-corrected chi connectivity index (χ3v) is 27.6. The van der Waals surface area contributed by atoms with Crippen molar-refractivity contribution in [3.05, 3.63) is 84.1 Å². The summed E-state index contributed by atoms with van der Waals surface area (Å²) in [5.41, 5.74) is -7.67. The number of carbonyl (C=O) groups excluding carboxylic acids is 5. The second-order valence-corrected chi connectivity index (χ2v) is 34.3. The number of ketones is 1. The minimum Gasteiger partial charge on any atom is -0.459 e. The van der Waals surface area contributed by atoms with Crippen LogP contribution in [0.1, 0.15) is 175 Å². The van der Waals surface area contributed by atoms with Crippen molar-refractivity contribution >= 4 is 46.4 Å². The molecule has 0 aromatic carbocycles. The van der Waals surface area contributed by atoms with Crippen LogP contribution in [0.2, 0.25) is 36.3 Å². The summed E-state index contributed by atoms with van der Waals surface area (Å²) in [6.07, 6.45) is 22.1.